The van der Waals surface area contributed by atoms with Crippen molar-refractivity contribution in [2.45, 2.75) is 17.5 Å². The fourth-order valence-electron chi connectivity index (χ4n) is 2.34. The van der Waals surface area contributed by atoms with Gasteiger partial charge in [-0.25, -0.2) is 8.42 Å². The quantitative estimate of drug-likeness (QED) is 0.659. The molecule has 27 heavy (non-hydrogen) atoms. The third-order valence-electron chi connectivity index (χ3n) is 3.77. The first-order valence-electron chi connectivity index (χ1n) is 7.70. The molecule has 0 atom stereocenters. The predicted molar refractivity (Wildman–Crippen MR) is 90.6 cm³/mol. The summed E-state index contributed by atoms with van der Waals surface area (Å²) in [5.41, 5.74) is 1.02. The average molecular weight is 397 g/mol. The SMILES string of the molecule is CN(c1ccc(Cc2noc(C(F)(F)F)n2)cc1)S(=O)(=O)c1ccccc1. The van der Waals surface area contributed by atoms with Crippen LogP contribution in [0.25, 0.3) is 0 Å². The second-order valence-corrected chi connectivity index (χ2v) is 7.61. The van der Waals surface area contributed by atoms with Crippen molar-refractivity contribution in [3.05, 3.63) is 71.9 Å². The van der Waals surface area contributed by atoms with Crippen molar-refractivity contribution < 1.29 is 26.1 Å². The Bertz CT molecular complexity index is 1020. The Kier molecular flexibility index (Phi) is 4.92. The molecule has 0 N–H and O–H groups in total. The lowest BCUT2D eigenvalue weighted by atomic mass is 10.1. The van der Waals surface area contributed by atoms with Crippen LogP contribution >= 0.6 is 0 Å². The maximum Gasteiger partial charge on any atom is 0.471 e. The molecule has 0 aliphatic carbocycles. The Balaban J connectivity index is 1.76. The van der Waals surface area contributed by atoms with E-state index in [1.165, 1.54) is 19.2 Å². The monoisotopic (exact) mass is 397 g/mol. The van der Waals surface area contributed by atoms with E-state index in [4.69, 9.17) is 0 Å². The highest BCUT2D eigenvalue weighted by Gasteiger charge is 2.38. The number of alkyl halides is 3. The van der Waals surface area contributed by atoms with Crippen LogP contribution in [0.1, 0.15) is 17.3 Å². The maximum absolute atomic E-state index is 12.6. The molecule has 0 aliphatic heterocycles. The van der Waals surface area contributed by atoms with Gasteiger partial charge in [0, 0.05) is 13.5 Å². The summed E-state index contributed by atoms with van der Waals surface area (Å²) < 4.78 is 67.9. The second-order valence-electron chi connectivity index (χ2n) is 5.64. The first-order chi connectivity index (χ1) is 12.7. The number of nitrogens with zero attached hydrogens (tertiary/aromatic N) is 3. The van der Waals surface area contributed by atoms with Gasteiger partial charge in [-0.15, -0.1) is 0 Å². The normalized spacial score (nSPS) is 12.1. The molecule has 0 amide bonds. The van der Waals surface area contributed by atoms with E-state index in [0.717, 1.165) is 4.31 Å². The third-order valence-corrected chi connectivity index (χ3v) is 5.57. The van der Waals surface area contributed by atoms with Gasteiger partial charge in [0.1, 0.15) is 0 Å². The van der Waals surface area contributed by atoms with Crippen LogP contribution in [0.2, 0.25) is 0 Å². The average Bonchev–Trinajstić information content (AvgIpc) is 3.11. The Morgan fingerprint density at radius 3 is 2.22 bits per heavy atom. The number of sulfonamides is 1. The highest BCUT2D eigenvalue weighted by molar-refractivity contribution is 7.92. The van der Waals surface area contributed by atoms with Crippen LogP contribution < -0.4 is 4.31 Å². The fourth-order valence-corrected chi connectivity index (χ4v) is 3.55. The molecule has 0 bridgehead atoms. The van der Waals surface area contributed by atoms with Crippen molar-refractivity contribution in [2.24, 2.45) is 0 Å². The molecule has 0 radical (unpaired) electrons. The summed E-state index contributed by atoms with van der Waals surface area (Å²) in [4.78, 5) is 3.46. The van der Waals surface area contributed by atoms with E-state index in [1.54, 1.807) is 42.5 Å². The minimum absolute atomic E-state index is 0.0228. The molecular weight excluding hydrogens is 383 g/mol. The van der Waals surface area contributed by atoms with Crippen LogP contribution in [0.15, 0.2) is 64.0 Å². The Morgan fingerprint density at radius 1 is 1.04 bits per heavy atom. The summed E-state index contributed by atoms with van der Waals surface area (Å²) in [6, 6.07) is 14.3. The van der Waals surface area contributed by atoms with Gasteiger partial charge in [0.25, 0.3) is 10.0 Å². The highest BCUT2D eigenvalue weighted by Crippen LogP contribution is 2.28. The van der Waals surface area contributed by atoms with Crippen LogP contribution in [0.4, 0.5) is 18.9 Å². The minimum Gasteiger partial charge on any atom is -0.329 e. The van der Waals surface area contributed by atoms with E-state index < -0.39 is 22.1 Å². The summed E-state index contributed by atoms with van der Waals surface area (Å²) in [7, 11) is -2.29. The standard InChI is InChI=1S/C17H14F3N3O3S/c1-23(27(24,25)14-5-3-2-4-6-14)13-9-7-12(8-10-13)11-15-21-16(26-22-15)17(18,19)20/h2-10H,11H2,1H3. The van der Waals surface area contributed by atoms with Crippen LogP contribution in [-0.2, 0) is 22.6 Å². The van der Waals surface area contributed by atoms with Gasteiger partial charge in [0.05, 0.1) is 10.6 Å². The smallest absolute Gasteiger partial charge is 0.329 e. The molecule has 0 unspecified atom stereocenters. The Labute approximate surface area is 153 Å². The van der Waals surface area contributed by atoms with E-state index in [1.807, 2.05) is 0 Å². The zero-order valence-corrected chi connectivity index (χ0v) is 14.8. The van der Waals surface area contributed by atoms with Gasteiger partial charge < -0.3 is 4.52 Å². The summed E-state index contributed by atoms with van der Waals surface area (Å²) in [6.45, 7) is 0. The zero-order chi connectivity index (χ0) is 19.7. The topological polar surface area (TPSA) is 76.3 Å². The molecule has 10 heteroatoms. The van der Waals surface area contributed by atoms with Crippen LogP contribution in [0.5, 0.6) is 0 Å². The number of halogens is 3. The van der Waals surface area contributed by atoms with Gasteiger partial charge in [-0.05, 0) is 29.8 Å². The summed E-state index contributed by atoms with van der Waals surface area (Å²) in [6.07, 6.45) is -4.67. The number of anilines is 1. The van der Waals surface area contributed by atoms with Crippen molar-refractivity contribution in [1.82, 2.24) is 10.1 Å². The van der Waals surface area contributed by atoms with E-state index in [0.29, 0.717) is 11.3 Å². The number of hydrogen-bond acceptors (Lipinski definition) is 5. The van der Waals surface area contributed by atoms with E-state index in [-0.39, 0.29) is 17.1 Å². The molecule has 3 aromatic rings. The number of aromatic nitrogens is 2. The third kappa shape index (κ3) is 4.11. The molecule has 2 aromatic carbocycles. The van der Waals surface area contributed by atoms with Crippen molar-refractivity contribution in [1.29, 1.82) is 0 Å². The largest absolute Gasteiger partial charge is 0.471 e. The molecule has 1 heterocycles. The maximum atomic E-state index is 12.6. The summed E-state index contributed by atoms with van der Waals surface area (Å²) >= 11 is 0. The Hall–Kier alpha value is -2.88. The molecular formula is C17H14F3N3O3S. The molecule has 0 spiro atoms. The molecule has 0 saturated carbocycles. The molecule has 6 nitrogen and oxygen atoms in total. The van der Waals surface area contributed by atoms with Gasteiger partial charge in [-0.3, -0.25) is 4.31 Å². The van der Waals surface area contributed by atoms with Crippen LogP contribution in [0.3, 0.4) is 0 Å². The number of hydrogen-bond donors (Lipinski definition) is 0. The van der Waals surface area contributed by atoms with Crippen molar-refractivity contribution in [3.63, 3.8) is 0 Å². The number of benzene rings is 2. The highest BCUT2D eigenvalue weighted by atomic mass is 32.2. The lowest BCUT2D eigenvalue weighted by Crippen LogP contribution is -2.26. The molecule has 142 valence electrons. The van der Waals surface area contributed by atoms with Gasteiger partial charge >= 0.3 is 12.1 Å². The van der Waals surface area contributed by atoms with Gasteiger partial charge in [-0.2, -0.15) is 18.2 Å². The zero-order valence-electron chi connectivity index (χ0n) is 14.0. The first kappa shape index (κ1) is 18.9. The fraction of sp³-hybridized carbons (Fsp3) is 0.176. The molecule has 3 rings (SSSR count). The minimum atomic E-state index is -4.69. The van der Waals surface area contributed by atoms with E-state index >= 15 is 0 Å². The van der Waals surface area contributed by atoms with Gasteiger partial charge in [0.2, 0.25) is 0 Å². The molecule has 0 aliphatic rings. The predicted octanol–water partition coefficient (Wildman–Crippen LogP) is 3.50. The van der Waals surface area contributed by atoms with Crippen molar-refractivity contribution >= 4 is 15.7 Å². The Morgan fingerprint density at radius 2 is 1.67 bits per heavy atom. The first-order valence-corrected chi connectivity index (χ1v) is 9.14. The molecule has 0 saturated heterocycles. The van der Waals surface area contributed by atoms with Gasteiger partial charge in [-0.1, -0.05) is 35.5 Å². The van der Waals surface area contributed by atoms with Crippen LogP contribution in [-0.4, -0.2) is 25.6 Å². The lowest BCUT2D eigenvalue weighted by molar-refractivity contribution is -0.159. The molecule has 1 aromatic heterocycles. The second kappa shape index (κ2) is 7.03. The van der Waals surface area contributed by atoms with Crippen molar-refractivity contribution in [2.75, 3.05) is 11.4 Å². The summed E-state index contributed by atoms with van der Waals surface area (Å²) in [5.74, 6) is -1.51. The number of rotatable bonds is 5. The molecule has 0 fully saturated rings. The van der Waals surface area contributed by atoms with Gasteiger partial charge in [0.15, 0.2) is 5.82 Å². The van der Waals surface area contributed by atoms with E-state index in [9.17, 15) is 21.6 Å². The summed E-state index contributed by atoms with van der Waals surface area (Å²) in [5, 5.41) is 3.30. The lowest BCUT2D eigenvalue weighted by Gasteiger charge is -2.19. The van der Waals surface area contributed by atoms with Crippen LogP contribution in [0, 0.1) is 0 Å². The van der Waals surface area contributed by atoms with E-state index in [2.05, 4.69) is 14.7 Å². The van der Waals surface area contributed by atoms with Crippen molar-refractivity contribution in [3.8, 4) is 0 Å².